The molecule has 2 heterocycles. The molecule has 1 aromatic heterocycles. The molecule has 18 heavy (non-hydrogen) atoms. The highest BCUT2D eigenvalue weighted by atomic mass is 32.1. The average molecular weight is 278 g/mol. The number of alkyl halides is 3. The van der Waals surface area contributed by atoms with Gasteiger partial charge in [-0.25, -0.2) is 4.98 Å². The molecule has 0 N–H and O–H groups in total. The van der Waals surface area contributed by atoms with Crippen LogP contribution in [0.2, 0.25) is 0 Å². The van der Waals surface area contributed by atoms with Crippen molar-refractivity contribution in [1.29, 1.82) is 0 Å². The first-order chi connectivity index (χ1) is 8.39. The van der Waals surface area contributed by atoms with E-state index in [4.69, 9.17) is 0 Å². The van der Waals surface area contributed by atoms with Crippen LogP contribution in [0, 0.1) is 12.8 Å². The Hall–Kier alpha value is -1.11. The highest BCUT2D eigenvalue weighted by Gasteiger charge is 2.43. The molecule has 1 amide bonds. The summed E-state index contributed by atoms with van der Waals surface area (Å²) in [6, 6.07) is 0. The van der Waals surface area contributed by atoms with Crippen LogP contribution >= 0.6 is 11.3 Å². The van der Waals surface area contributed by atoms with E-state index in [-0.39, 0.29) is 18.9 Å². The van der Waals surface area contributed by atoms with Gasteiger partial charge in [-0.15, -0.1) is 11.3 Å². The van der Waals surface area contributed by atoms with Gasteiger partial charge in [-0.3, -0.25) is 4.79 Å². The van der Waals surface area contributed by atoms with Crippen molar-refractivity contribution < 1.29 is 18.0 Å². The van der Waals surface area contributed by atoms with Crippen LogP contribution in [0.4, 0.5) is 13.2 Å². The van der Waals surface area contributed by atoms with Crippen LogP contribution in [0.15, 0.2) is 5.51 Å². The molecular formula is C11H13F3N2OS. The molecule has 1 fully saturated rings. The van der Waals surface area contributed by atoms with E-state index in [1.165, 1.54) is 21.7 Å². The number of hydrogen-bond donors (Lipinski definition) is 0. The minimum absolute atomic E-state index is 0.106. The minimum Gasteiger partial charge on any atom is -0.337 e. The van der Waals surface area contributed by atoms with Crippen LogP contribution in [0.1, 0.15) is 28.2 Å². The maximum absolute atomic E-state index is 12.7. The summed E-state index contributed by atoms with van der Waals surface area (Å²) in [4.78, 5) is 17.8. The number of halogens is 3. The van der Waals surface area contributed by atoms with Crippen molar-refractivity contribution in [2.75, 3.05) is 13.1 Å². The maximum atomic E-state index is 12.7. The normalized spacial score (nSPS) is 21.1. The van der Waals surface area contributed by atoms with Crippen LogP contribution in [0.3, 0.4) is 0 Å². The molecule has 0 bridgehead atoms. The zero-order valence-corrected chi connectivity index (χ0v) is 10.6. The summed E-state index contributed by atoms with van der Waals surface area (Å²) in [5, 5.41) is 0. The van der Waals surface area contributed by atoms with E-state index >= 15 is 0 Å². The van der Waals surface area contributed by atoms with Crippen LogP contribution in [0.5, 0.6) is 0 Å². The van der Waals surface area contributed by atoms with Gasteiger partial charge in [0.2, 0.25) is 0 Å². The lowest BCUT2D eigenvalue weighted by Gasteiger charge is -2.33. The number of aromatic nitrogens is 1. The van der Waals surface area contributed by atoms with Gasteiger partial charge in [-0.1, -0.05) is 0 Å². The van der Waals surface area contributed by atoms with Crippen molar-refractivity contribution in [3.8, 4) is 0 Å². The van der Waals surface area contributed by atoms with Gasteiger partial charge in [0.25, 0.3) is 5.91 Å². The quantitative estimate of drug-likeness (QED) is 0.791. The molecule has 1 unspecified atom stereocenters. The molecule has 0 saturated carbocycles. The van der Waals surface area contributed by atoms with Crippen molar-refractivity contribution in [3.05, 3.63) is 16.1 Å². The molecule has 0 radical (unpaired) electrons. The highest BCUT2D eigenvalue weighted by Crippen LogP contribution is 2.33. The Morgan fingerprint density at radius 2 is 2.28 bits per heavy atom. The summed E-state index contributed by atoms with van der Waals surface area (Å²) in [5.74, 6) is -1.73. The van der Waals surface area contributed by atoms with E-state index in [9.17, 15) is 18.0 Å². The maximum Gasteiger partial charge on any atom is 0.393 e. The molecule has 0 aromatic carbocycles. The molecule has 1 aromatic rings. The van der Waals surface area contributed by atoms with Crippen LogP contribution in [-0.4, -0.2) is 35.1 Å². The van der Waals surface area contributed by atoms with Gasteiger partial charge in [0, 0.05) is 13.1 Å². The predicted molar refractivity (Wildman–Crippen MR) is 61.5 cm³/mol. The van der Waals surface area contributed by atoms with E-state index in [0.29, 0.717) is 23.5 Å². The second-order valence-electron chi connectivity index (χ2n) is 4.40. The summed E-state index contributed by atoms with van der Waals surface area (Å²) >= 11 is 1.18. The third-order valence-corrected chi connectivity index (χ3v) is 4.03. The zero-order valence-electron chi connectivity index (χ0n) is 9.83. The van der Waals surface area contributed by atoms with Crippen LogP contribution in [0.25, 0.3) is 0 Å². The number of aryl methyl sites for hydroxylation is 1. The molecule has 3 nitrogen and oxygen atoms in total. The van der Waals surface area contributed by atoms with Crippen molar-refractivity contribution in [3.63, 3.8) is 0 Å². The largest absolute Gasteiger partial charge is 0.393 e. The highest BCUT2D eigenvalue weighted by molar-refractivity contribution is 7.11. The topological polar surface area (TPSA) is 33.2 Å². The monoisotopic (exact) mass is 278 g/mol. The van der Waals surface area contributed by atoms with Gasteiger partial charge in [-0.05, 0) is 19.8 Å². The molecule has 0 aliphatic carbocycles. The Balaban J connectivity index is 2.10. The van der Waals surface area contributed by atoms with Crippen LogP contribution in [-0.2, 0) is 0 Å². The number of hydrogen-bond acceptors (Lipinski definition) is 3. The number of carbonyl (C=O) groups excluding carboxylic acids is 1. The van der Waals surface area contributed by atoms with Crippen molar-refractivity contribution in [2.45, 2.75) is 25.9 Å². The van der Waals surface area contributed by atoms with E-state index in [2.05, 4.69) is 4.98 Å². The molecule has 0 spiro atoms. The summed E-state index contributed by atoms with van der Waals surface area (Å²) in [5.41, 5.74) is 2.12. The first kappa shape index (κ1) is 13.3. The molecule has 1 atom stereocenters. The Labute approximate surface area is 107 Å². The fraction of sp³-hybridized carbons (Fsp3) is 0.636. The average Bonchev–Trinajstić information content (AvgIpc) is 2.73. The smallest absolute Gasteiger partial charge is 0.337 e. The van der Waals surface area contributed by atoms with E-state index < -0.39 is 12.1 Å². The summed E-state index contributed by atoms with van der Waals surface area (Å²) < 4.78 is 38.0. The lowest BCUT2D eigenvalue weighted by Crippen LogP contribution is -2.44. The molecule has 1 aliphatic heterocycles. The summed E-state index contributed by atoms with van der Waals surface area (Å²) in [6.45, 7) is 1.84. The lowest BCUT2D eigenvalue weighted by molar-refractivity contribution is -0.184. The third-order valence-electron chi connectivity index (χ3n) is 3.11. The van der Waals surface area contributed by atoms with Crippen molar-refractivity contribution in [1.82, 2.24) is 9.88 Å². The Kier molecular flexibility index (Phi) is 3.61. The Morgan fingerprint density at radius 3 is 2.83 bits per heavy atom. The number of piperidine rings is 1. The SMILES string of the molecule is Cc1ncsc1C(=O)N1CCCC(C(F)(F)F)C1. The number of likely N-dealkylation sites (tertiary alicyclic amines) is 1. The first-order valence-corrected chi connectivity index (χ1v) is 6.53. The van der Waals surface area contributed by atoms with Crippen molar-refractivity contribution in [2.24, 2.45) is 5.92 Å². The van der Waals surface area contributed by atoms with Gasteiger partial charge in [0.1, 0.15) is 4.88 Å². The first-order valence-electron chi connectivity index (χ1n) is 5.65. The second kappa shape index (κ2) is 4.87. The predicted octanol–water partition coefficient (Wildman–Crippen LogP) is 2.87. The van der Waals surface area contributed by atoms with Crippen molar-refractivity contribution >= 4 is 17.2 Å². The number of rotatable bonds is 1. The van der Waals surface area contributed by atoms with E-state index in [1.54, 1.807) is 6.92 Å². The molecule has 100 valence electrons. The Bertz CT molecular complexity index is 444. The van der Waals surface area contributed by atoms with Gasteiger partial charge < -0.3 is 4.90 Å². The van der Waals surface area contributed by atoms with Gasteiger partial charge in [0.05, 0.1) is 17.1 Å². The number of amides is 1. The fourth-order valence-electron chi connectivity index (χ4n) is 2.08. The number of nitrogens with zero attached hydrogens (tertiary/aromatic N) is 2. The van der Waals surface area contributed by atoms with Crippen LogP contribution < -0.4 is 0 Å². The second-order valence-corrected chi connectivity index (χ2v) is 5.25. The summed E-state index contributed by atoms with van der Waals surface area (Å²) in [7, 11) is 0. The Morgan fingerprint density at radius 1 is 1.56 bits per heavy atom. The zero-order chi connectivity index (χ0) is 13.3. The standard InChI is InChI=1S/C11H13F3N2OS/c1-7-9(18-6-15-7)10(17)16-4-2-3-8(5-16)11(12,13)14/h6,8H,2-5H2,1H3. The molecule has 2 rings (SSSR count). The van der Waals surface area contributed by atoms with Gasteiger partial charge >= 0.3 is 6.18 Å². The molecule has 1 aliphatic rings. The third kappa shape index (κ3) is 2.66. The number of carbonyl (C=O) groups is 1. The van der Waals surface area contributed by atoms with E-state index in [0.717, 1.165) is 0 Å². The van der Waals surface area contributed by atoms with Gasteiger partial charge in [-0.2, -0.15) is 13.2 Å². The molecule has 7 heteroatoms. The molecular weight excluding hydrogens is 265 g/mol. The van der Waals surface area contributed by atoms with Gasteiger partial charge in [0.15, 0.2) is 0 Å². The number of thiazole rings is 1. The summed E-state index contributed by atoms with van der Waals surface area (Å²) in [6.07, 6.45) is -3.72. The fourth-order valence-corrected chi connectivity index (χ4v) is 2.85. The molecule has 1 saturated heterocycles. The van der Waals surface area contributed by atoms with E-state index in [1.807, 2.05) is 0 Å². The lowest BCUT2D eigenvalue weighted by atomic mass is 9.97. The minimum atomic E-state index is -4.22.